The van der Waals surface area contributed by atoms with E-state index in [1.807, 2.05) is 0 Å². The molecule has 0 saturated heterocycles. The lowest BCUT2D eigenvalue weighted by Gasteiger charge is -2.03. The summed E-state index contributed by atoms with van der Waals surface area (Å²) < 4.78 is 4.71. The topological polar surface area (TPSA) is 63.6 Å². The van der Waals surface area contributed by atoms with Crippen LogP contribution in [0.5, 0.6) is 11.5 Å². The van der Waals surface area contributed by atoms with Crippen LogP contribution in [0, 0.1) is 0 Å². The van der Waals surface area contributed by atoms with Crippen LogP contribution in [-0.2, 0) is 4.79 Å². The molecule has 68 valence electrons. The molecular weight excluding hydrogens is 172 g/mol. The molecule has 1 rings (SSSR count). The molecule has 0 aliphatic rings. The molecule has 0 aromatic heterocycles. The number of hydrogen-bond donors (Lipinski definition) is 1. The Morgan fingerprint density at radius 3 is 2.77 bits per heavy atom. The maximum Gasteiger partial charge on any atom is 0.308 e. The summed E-state index contributed by atoms with van der Waals surface area (Å²) in [6.07, 6.45) is 0.512. The number of phenolic OH excluding ortho intramolecular Hbond substituents is 1. The summed E-state index contributed by atoms with van der Waals surface area (Å²) in [5.74, 6) is -0.396. The van der Waals surface area contributed by atoms with E-state index in [2.05, 4.69) is 0 Å². The number of carbonyl (C=O) groups is 2. The summed E-state index contributed by atoms with van der Waals surface area (Å²) in [7, 11) is 0. The van der Waals surface area contributed by atoms with Crippen molar-refractivity contribution in [3.63, 3.8) is 0 Å². The van der Waals surface area contributed by atoms with Gasteiger partial charge in [0.1, 0.15) is 11.5 Å². The monoisotopic (exact) mass is 180 g/mol. The highest BCUT2D eigenvalue weighted by atomic mass is 16.5. The molecule has 0 unspecified atom stereocenters. The van der Waals surface area contributed by atoms with Gasteiger partial charge in [0.05, 0.1) is 5.56 Å². The summed E-state index contributed by atoms with van der Waals surface area (Å²) >= 11 is 0. The Kier molecular flexibility index (Phi) is 2.64. The van der Waals surface area contributed by atoms with Gasteiger partial charge >= 0.3 is 5.97 Å². The minimum atomic E-state index is -0.506. The number of phenols is 1. The van der Waals surface area contributed by atoms with Crippen molar-refractivity contribution in [3.05, 3.63) is 23.8 Å². The zero-order chi connectivity index (χ0) is 9.84. The second-order valence-electron chi connectivity index (χ2n) is 2.43. The molecule has 0 radical (unpaired) electrons. The highest BCUT2D eigenvalue weighted by Crippen LogP contribution is 2.21. The average molecular weight is 180 g/mol. The fourth-order valence-corrected chi connectivity index (χ4v) is 0.876. The third-order valence-electron chi connectivity index (χ3n) is 1.37. The van der Waals surface area contributed by atoms with Gasteiger partial charge in [-0.3, -0.25) is 9.59 Å². The van der Waals surface area contributed by atoms with Gasteiger partial charge in [-0.1, -0.05) is 0 Å². The zero-order valence-corrected chi connectivity index (χ0v) is 6.98. The molecule has 0 saturated carbocycles. The number of ether oxygens (including phenoxy) is 1. The highest BCUT2D eigenvalue weighted by molar-refractivity contribution is 5.82. The van der Waals surface area contributed by atoms with Crippen molar-refractivity contribution in [2.75, 3.05) is 0 Å². The second-order valence-corrected chi connectivity index (χ2v) is 2.43. The van der Waals surface area contributed by atoms with Crippen LogP contribution in [0.2, 0.25) is 0 Å². The Bertz CT molecular complexity index is 343. The van der Waals surface area contributed by atoms with E-state index in [0.29, 0.717) is 6.29 Å². The van der Waals surface area contributed by atoms with Gasteiger partial charge in [-0.25, -0.2) is 0 Å². The first-order valence-electron chi connectivity index (χ1n) is 3.60. The zero-order valence-electron chi connectivity index (χ0n) is 6.98. The lowest BCUT2D eigenvalue weighted by Crippen LogP contribution is -2.03. The molecule has 4 nitrogen and oxygen atoms in total. The predicted molar refractivity (Wildman–Crippen MR) is 44.8 cm³/mol. The van der Waals surface area contributed by atoms with Crippen molar-refractivity contribution >= 4 is 12.3 Å². The number of benzene rings is 1. The number of hydrogen-bond acceptors (Lipinski definition) is 4. The van der Waals surface area contributed by atoms with Crippen molar-refractivity contribution in [2.24, 2.45) is 0 Å². The minimum absolute atomic E-state index is 0.0435. The van der Waals surface area contributed by atoms with Crippen LogP contribution in [-0.4, -0.2) is 17.4 Å². The van der Waals surface area contributed by atoms with Crippen LogP contribution in [0.15, 0.2) is 18.2 Å². The SMILES string of the molecule is CC(=O)Oc1ccc(O)cc1C=O. The fraction of sp³-hybridized carbons (Fsp3) is 0.111. The highest BCUT2D eigenvalue weighted by Gasteiger charge is 2.05. The van der Waals surface area contributed by atoms with Gasteiger partial charge in [-0.15, -0.1) is 0 Å². The lowest BCUT2D eigenvalue weighted by atomic mass is 10.2. The van der Waals surface area contributed by atoms with Crippen LogP contribution >= 0.6 is 0 Å². The molecule has 0 fully saturated rings. The first kappa shape index (κ1) is 9.25. The van der Waals surface area contributed by atoms with Crippen molar-refractivity contribution in [3.8, 4) is 11.5 Å². The van der Waals surface area contributed by atoms with E-state index in [0.717, 1.165) is 0 Å². The number of aromatic hydroxyl groups is 1. The fourth-order valence-electron chi connectivity index (χ4n) is 0.876. The Balaban J connectivity index is 3.05. The Morgan fingerprint density at radius 2 is 2.23 bits per heavy atom. The van der Waals surface area contributed by atoms with Crippen LogP contribution in [0.25, 0.3) is 0 Å². The first-order valence-corrected chi connectivity index (χ1v) is 3.60. The molecule has 0 amide bonds. The minimum Gasteiger partial charge on any atom is -0.508 e. The molecular formula is C9H8O4. The van der Waals surface area contributed by atoms with Gasteiger partial charge in [0.15, 0.2) is 6.29 Å². The molecule has 13 heavy (non-hydrogen) atoms. The lowest BCUT2D eigenvalue weighted by molar-refractivity contribution is -0.131. The third kappa shape index (κ3) is 2.30. The summed E-state index contributed by atoms with van der Waals surface area (Å²) in [5, 5.41) is 9.00. The maximum absolute atomic E-state index is 10.6. The predicted octanol–water partition coefficient (Wildman–Crippen LogP) is 1.13. The molecule has 0 aliphatic carbocycles. The van der Waals surface area contributed by atoms with Crippen LogP contribution in [0.3, 0.4) is 0 Å². The van der Waals surface area contributed by atoms with Crippen molar-refractivity contribution in [2.45, 2.75) is 6.92 Å². The van der Waals surface area contributed by atoms with Gasteiger partial charge in [-0.05, 0) is 18.2 Å². The average Bonchev–Trinajstić information content (AvgIpc) is 2.07. The summed E-state index contributed by atoms with van der Waals surface area (Å²) in [6.45, 7) is 1.24. The van der Waals surface area contributed by atoms with Crippen LogP contribution in [0.1, 0.15) is 17.3 Å². The van der Waals surface area contributed by atoms with Gasteiger partial charge < -0.3 is 9.84 Å². The smallest absolute Gasteiger partial charge is 0.308 e. The normalized spacial score (nSPS) is 9.31. The number of carbonyl (C=O) groups excluding carboxylic acids is 2. The number of rotatable bonds is 2. The number of aldehydes is 1. The Hall–Kier alpha value is -1.84. The second kappa shape index (κ2) is 3.71. The van der Waals surface area contributed by atoms with E-state index in [9.17, 15) is 9.59 Å². The molecule has 1 aromatic rings. The molecule has 0 heterocycles. The third-order valence-corrected chi connectivity index (χ3v) is 1.37. The standard InChI is InChI=1S/C9H8O4/c1-6(11)13-9-3-2-8(12)4-7(9)5-10/h2-5,12H,1H3. The largest absolute Gasteiger partial charge is 0.508 e. The van der Waals surface area contributed by atoms with Gasteiger partial charge in [0, 0.05) is 6.92 Å². The maximum atomic E-state index is 10.6. The van der Waals surface area contributed by atoms with E-state index in [1.54, 1.807) is 0 Å². The quantitative estimate of drug-likeness (QED) is 0.421. The molecule has 0 aliphatic heterocycles. The van der Waals surface area contributed by atoms with E-state index in [1.165, 1.54) is 25.1 Å². The Morgan fingerprint density at radius 1 is 1.54 bits per heavy atom. The molecule has 0 bridgehead atoms. The van der Waals surface area contributed by atoms with E-state index in [4.69, 9.17) is 9.84 Å². The molecule has 0 spiro atoms. The molecule has 1 N–H and O–H groups in total. The van der Waals surface area contributed by atoms with E-state index >= 15 is 0 Å². The van der Waals surface area contributed by atoms with Crippen molar-refractivity contribution < 1.29 is 19.4 Å². The van der Waals surface area contributed by atoms with Gasteiger partial charge in [0.2, 0.25) is 0 Å². The number of esters is 1. The van der Waals surface area contributed by atoms with Gasteiger partial charge in [0.25, 0.3) is 0 Å². The molecule has 1 aromatic carbocycles. The summed E-state index contributed by atoms with van der Waals surface area (Å²) in [5.41, 5.74) is 0.148. The van der Waals surface area contributed by atoms with E-state index < -0.39 is 5.97 Å². The summed E-state index contributed by atoms with van der Waals surface area (Å²) in [6, 6.07) is 3.93. The molecule has 4 heteroatoms. The molecule has 0 atom stereocenters. The van der Waals surface area contributed by atoms with Crippen molar-refractivity contribution in [1.29, 1.82) is 0 Å². The summed E-state index contributed by atoms with van der Waals surface area (Å²) in [4.78, 5) is 21.0. The van der Waals surface area contributed by atoms with Crippen LogP contribution < -0.4 is 4.74 Å². The Labute approximate surface area is 74.8 Å². The van der Waals surface area contributed by atoms with E-state index in [-0.39, 0.29) is 17.1 Å². The van der Waals surface area contributed by atoms with Gasteiger partial charge in [-0.2, -0.15) is 0 Å². The van der Waals surface area contributed by atoms with Crippen molar-refractivity contribution in [1.82, 2.24) is 0 Å². The first-order chi connectivity index (χ1) is 6.13. The van der Waals surface area contributed by atoms with Crippen LogP contribution in [0.4, 0.5) is 0 Å².